The minimum Gasteiger partial charge on any atom is -0.311 e. The molecule has 9 rings (SSSR count). The van der Waals surface area contributed by atoms with Gasteiger partial charge in [-0.3, -0.25) is 0 Å². The molecule has 2 aliphatic rings. The van der Waals surface area contributed by atoms with Gasteiger partial charge in [-0.05, 0) is 109 Å². The number of para-hydroxylation sites is 2. The summed E-state index contributed by atoms with van der Waals surface area (Å²) in [6, 6.07) is 63.8. The van der Waals surface area contributed by atoms with Gasteiger partial charge < -0.3 is 4.90 Å². The van der Waals surface area contributed by atoms with E-state index >= 15 is 0 Å². The highest BCUT2D eigenvalue weighted by Gasteiger charge is 2.49. The Hall–Kier alpha value is -6.18. The van der Waals surface area contributed by atoms with Gasteiger partial charge in [0.2, 0.25) is 0 Å². The molecule has 1 heteroatoms. The molecule has 2 aliphatic carbocycles. The Bertz CT molecular complexity index is 2460. The Balaban J connectivity index is 0.903. The van der Waals surface area contributed by atoms with Crippen LogP contribution >= 0.6 is 0 Å². The standard InChI is InChI=1S/C52H43N/c1-51(2)47-18-12-11-17-45(47)49-50(51)46-34-31-41(35-48(46)52(49,3)4)40-29-27-39(28-30-40)38-25-21-36(22-26-38)19-20-37-23-32-44(33-24-37)53(42-13-7-5-8-14-42)43-15-9-6-10-16-43/h5-35H,1-4H3/b20-19+. The zero-order chi connectivity index (χ0) is 36.2. The molecule has 7 aromatic carbocycles. The van der Waals surface area contributed by atoms with Crippen LogP contribution in [-0.2, 0) is 10.8 Å². The third-order valence-electron chi connectivity index (χ3n) is 11.4. The molecule has 256 valence electrons. The fourth-order valence-electron chi connectivity index (χ4n) is 8.71. The van der Waals surface area contributed by atoms with E-state index in [1.165, 1.54) is 66.8 Å². The minimum absolute atomic E-state index is 0.00248. The van der Waals surface area contributed by atoms with E-state index in [0.29, 0.717) is 0 Å². The summed E-state index contributed by atoms with van der Waals surface area (Å²) in [7, 11) is 0. The van der Waals surface area contributed by atoms with Crippen molar-refractivity contribution in [3.8, 4) is 22.3 Å². The molecule has 0 N–H and O–H groups in total. The average Bonchev–Trinajstić information content (AvgIpc) is 3.60. The first-order valence-corrected chi connectivity index (χ1v) is 18.7. The molecule has 0 spiro atoms. The molecule has 1 nitrogen and oxygen atoms in total. The van der Waals surface area contributed by atoms with Crippen molar-refractivity contribution in [2.75, 3.05) is 4.90 Å². The molecule has 7 aromatic rings. The predicted molar refractivity (Wildman–Crippen MR) is 227 cm³/mol. The van der Waals surface area contributed by atoms with Crippen LogP contribution in [0.1, 0.15) is 61.1 Å². The van der Waals surface area contributed by atoms with Crippen molar-refractivity contribution in [2.45, 2.75) is 38.5 Å². The minimum atomic E-state index is -0.0456. The van der Waals surface area contributed by atoms with Crippen molar-refractivity contribution in [3.05, 3.63) is 209 Å². The first kappa shape index (κ1) is 32.7. The number of allylic oxidation sites excluding steroid dienone is 2. The first-order valence-electron chi connectivity index (χ1n) is 18.7. The summed E-state index contributed by atoms with van der Waals surface area (Å²) in [6.07, 6.45) is 4.37. The molecule has 0 fully saturated rings. The summed E-state index contributed by atoms with van der Waals surface area (Å²) in [5.74, 6) is 0. The number of hydrogen-bond acceptors (Lipinski definition) is 1. The Kier molecular flexibility index (Phi) is 7.90. The van der Waals surface area contributed by atoms with Crippen LogP contribution in [0.4, 0.5) is 17.1 Å². The summed E-state index contributed by atoms with van der Waals surface area (Å²) < 4.78 is 0. The van der Waals surface area contributed by atoms with Crippen molar-refractivity contribution >= 4 is 40.4 Å². The van der Waals surface area contributed by atoms with E-state index in [0.717, 1.165) is 17.1 Å². The molecular formula is C52H43N. The van der Waals surface area contributed by atoms with Gasteiger partial charge in [-0.25, -0.2) is 0 Å². The molecule has 0 radical (unpaired) electrons. The first-order chi connectivity index (χ1) is 25.8. The third-order valence-corrected chi connectivity index (χ3v) is 11.4. The Labute approximate surface area is 314 Å². The predicted octanol–water partition coefficient (Wildman–Crippen LogP) is 14.2. The van der Waals surface area contributed by atoms with Gasteiger partial charge in [0.05, 0.1) is 0 Å². The highest BCUT2D eigenvalue weighted by molar-refractivity contribution is 6.09. The van der Waals surface area contributed by atoms with E-state index in [9.17, 15) is 0 Å². The molecule has 0 saturated heterocycles. The monoisotopic (exact) mass is 681 g/mol. The molecule has 0 atom stereocenters. The largest absolute Gasteiger partial charge is 0.311 e. The van der Waals surface area contributed by atoms with Gasteiger partial charge in [0, 0.05) is 27.9 Å². The molecule has 0 unspecified atom stereocenters. The number of fused-ring (bicyclic) bond motifs is 4. The number of rotatable bonds is 7. The summed E-state index contributed by atoms with van der Waals surface area (Å²) >= 11 is 0. The maximum Gasteiger partial charge on any atom is 0.0462 e. The Morgan fingerprint density at radius 1 is 0.358 bits per heavy atom. The molecule has 0 bridgehead atoms. The molecule has 0 aromatic heterocycles. The second-order valence-electron chi connectivity index (χ2n) is 15.4. The molecule has 0 saturated carbocycles. The van der Waals surface area contributed by atoms with Crippen LogP contribution in [0.2, 0.25) is 0 Å². The van der Waals surface area contributed by atoms with Crippen molar-refractivity contribution in [3.63, 3.8) is 0 Å². The molecule has 0 amide bonds. The zero-order valence-electron chi connectivity index (χ0n) is 30.8. The third kappa shape index (κ3) is 5.65. The second kappa shape index (κ2) is 12.8. The molecular weight excluding hydrogens is 639 g/mol. The zero-order valence-corrected chi connectivity index (χ0v) is 30.8. The van der Waals surface area contributed by atoms with E-state index in [-0.39, 0.29) is 10.8 Å². The van der Waals surface area contributed by atoms with Gasteiger partial charge in [-0.2, -0.15) is 0 Å². The van der Waals surface area contributed by atoms with Gasteiger partial charge in [-0.15, -0.1) is 0 Å². The average molecular weight is 682 g/mol. The van der Waals surface area contributed by atoms with Gasteiger partial charge in [0.15, 0.2) is 0 Å². The van der Waals surface area contributed by atoms with Crippen LogP contribution < -0.4 is 4.90 Å². The van der Waals surface area contributed by atoms with Gasteiger partial charge >= 0.3 is 0 Å². The maximum absolute atomic E-state index is 2.44. The van der Waals surface area contributed by atoms with Crippen molar-refractivity contribution in [1.82, 2.24) is 0 Å². The smallest absolute Gasteiger partial charge is 0.0462 e. The highest BCUT2D eigenvalue weighted by atomic mass is 15.1. The van der Waals surface area contributed by atoms with Crippen LogP contribution in [0.5, 0.6) is 0 Å². The number of hydrogen-bond donors (Lipinski definition) is 0. The normalized spacial score (nSPS) is 14.9. The summed E-state index contributed by atoms with van der Waals surface area (Å²) in [6.45, 7) is 9.58. The topological polar surface area (TPSA) is 3.24 Å². The lowest BCUT2D eigenvalue weighted by Crippen LogP contribution is -2.19. The SMILES string of the molecule is CC1(C)C2=C(c3ccccc31)C(C)(C)c1cc(-c3ccc(-c4ccc(/C=C/c5ccc(N(c6ccccc6)c6ccccc6)cc5)cc4)cc3)ccc12. The van der Waals surface area contributed by atoms with Crippen LogP contribution in [0.15, 0.2) is 176 Å². The molecule has 0 aliphatic heterocycles. The van der Waals surface area contributed by atoms with E-state index in [4.69, 9.17) is 0 Å². The second-order valence-corrected chi connectivity index (χ2v) is 15.4. The lowest BCUT2D eigenvalue weighted by Gasteiger charge is -2.28. The fourth-order valence-corrected chi connectivity index (χ4v) is 8.71. The number of benzene rings is 7. The molecule has 53 heavy (non-hydrogen) atoms. The number of nitrogens with zero attached hydrogens (tertiary/aromatic N) is 1. The van der Waals surface area contributed by atoms with Crippen molar-refractivity contribution in [2.24, 2.45) is 0 Å². The number of anilines is 3. The Morgan fingerprint density at radius 3 is 1.32 bits per heavy atom. The van der Waals surface area contributed by atoms with Gasteiger partial charge in [-0.1, -0.05) is 173 Å². The quantitative estimate of drug-likeness (QED) is 0.151. The molecule has 0 heterocycles. The highest BCUT2D eigenvalue weighted by Crippen LogP contribution is 2.62. The lowest BCUT2D eigenvalue weighted by atomic mass is 9.75. The van der Waals surface area contributed by atoms with E-state index < -0.39 is 0 Å². The lowest BCUT2D eigenvalue weighted by molar-refractivity contribution is 0.694. The maximum atomic E-state index is 2.44. The van der Waals surface area contributed by atoms with Crippen LogP contribution in [-0.4, -0.2) is 0 Å². The van der Waals surface area contributed by atoms with Crippen LogP contribution in [0.25, 0.3) is 45.6 Å². The summed E-state index contributed by atoms with van der Waals surface area (Å²) in [5.41, 5.74) is 19.4. The summed E-state index contributed by atoms with van der Waals surface area (Å²) in [4.78, 5) is 2.29. The van der Waals surface area contributed by atoms with E-state index in [1.54, 1.807) is 0 Å². The van der Waals surface area contributed by atoms with E-state index in [2.05, 4.69) is 221 Å². The van der Waals surface area contributed by atoms with Crippen LogP contribution in [0.3, 0.4) is 0 Å². The van der Waals surface area contributed by atoms with Crippen molar-refractivity contribution in [1.29, 1.82) is 0 Å². The van der Waals surface area contributed by atoms with Gasteiger partial charge in [0.25, 0.3) is 0 Å². The van der Waals surface area contributed by atoms with E-state index in [1.807, 2.05) is 0 Å². The van der Waals surface area contributed by atoms with Crippen molar-refractivity contribution < 1.29 is 0 Å². The Morgan fingerprint density at radius 2 is 0.755 bits per heavy atom. The van der Waals surface area contributed by atoms with Gasteiger partial charge in [0.1, 0.15) is 0 Å². The van der Waals surface area contributed by atoms with Crippen LogP contribution in [0, 0.1) is 0 Å². The summed E-state index contributed by atoms with van der Waals surface area (Å²) in [5, 5.41) is 0. The fraction of sp³-hybridized carbons (Fsp3) is 0.115.